The summed E-state index contributed by atoms with van der Waals surface area (Å²) < 4.78 is 0. The lowest BCUT2D eigenvalue weighted by Crippen LogP contribution is -2.51. The molecule has 1 aromatic carbocycles. The van der Waals surface area contributed by atoms with Crippen molar-refractivity contribution in [1.29, 1.82) is 0 Å². The third-order valence-corrected chi connectivity index (χ3v) is 5.98. The molecule has 3 aliphatic rings. The lowest BCUT2D eigenvalue weighted by Gasteiger charge is -2.32. The Morgan fingerprint density at radius 3 is 2.72 bits per heavy atom. The Kier molecular flexibility index (Phi) is 4.71. The van der Waals surface area contributed by atoms with Gasteiger partial charge in [-0.15, -0.1) is 0 Å². The molecule has 134 valence electrons. The number of thiol groups is 1. The fourth-order valence-corrected chi connectivity index (χ4v) is 4.52. The van der Waals surface area contributed by atoms with E-state index in [0.29, 0.717) is 25.4 Å². The molecule has 2 amide bonds. The molecule has 0 radical (unpaired) electrons. The molecule has 0 aromatic heterocycles. The van der Waals surface area contributed by atoms with Gasteiger partial charge < -0.3 is 10.6 Å². The first kappa shape index (κ1) is 16.9. The van der Waals surface area contributed by atoms with Crippen LogP contribution < -0.4 is 16.0 Å². The van der Waals surface area contributed by atoms with Gasteiger partial charge in [0.1, 0.15) is 0 Å². The van der Waals surface area contributed by atoms with Crippen molar-refractivity contribution in [3.05, 3.63) is 29.3 Å². The van der Waals surface area contributed by atoms with Crippen molar-refractivity contribution >= 4 is 30.1 Å². The molecular formula is C18H24N4O2S. The molecule has 2 unspecified atom stereocenters. The fourth-order valence-electron chi connectivity index (χ4n) is 4.03. The third-order valence-electron chi connectivity index (χ3n) is 5.41. The van der Waals surface area contributed by atoms with Crippen LogP contribution in [0.15, 0.2) is 18.2 Å². The summed E-state index contributed by atoms with van der Waals surface area (Å²) >= 11 is 4.74. The van der Waals surface area contributed by atoms with Gasteiger partial charge in [0.25, 0.3) is 0 Å². The van der Waals surface area contributed by atoms with Crippen LogP contribution in [0.1, 0.15) is 42.2 Å². The van der Waals surface area contributed by atoms with Crippen molar-refractivity contribution in [2.45, 2.75) is 49.7 Å². The van der Waals surface area contributed by atoms with Gasteiger partial charge in [-0.1, -0.05) is 6.07 Å². The summed E-state index contributed by atoms with van der Waals surface area (Å²) in [6.07, 6.45) is 3.23. The number of imide groups is 1. The number of rotatable bonds is 3. The number of carbonyl (C=O) groups is 2. The number of benzene rings is 1. The Morgan fingerprint density at radius 1 is 1.16 bits per heavy atom. The maximum absolute atomic E-state index is 12.2. The summed E-state index contributed by atoms with van der Waals surface area (Å²) in [5.74, 6) is -0.377. The van der Waals surface area contributed by atoms with Crippen molar-refractivity contribution < 1.29 is 9.59 Å². The Morgan fingerprint density at radius 2 is 1.96 bits per heavy atom. The van der Waals surface area contributed by atoms with E-state index in [1.807, 2.05) is 0 Å². The highest BCUT2D eigenvalue weighted by Gasteiger charge is 2.39. The topological polar surface area (TPSA) is 73.5 Å². The first-order valence-corrected chi connectivity index (χ1v) is 9.51. The Hall–Kier alpha value is -1.57. The molecule has 3 heterocycles. The molecule has 0 spiro atoms. The number of hydrogen-bond acceptors (Lipinski definition) is 6. The van der Waals surface area contributed by atoms with Gasteiger partial charge in [-0.2, -0.15) is 12.6 Å². The van der Waals surface area contributed by atoms with E-state index in [2.05, 4.69) is 39.0 Å². The second-order valence-corrected chi connectivity index (χ2v) is 7.58. The van der Waals surface area contributed by atoms with Crippen molar-refractivity contribution in [2.24, 2.45) is 0 Å². The van der Waals surface area contributed by atoms with E-state index in [0.717, 1.165) is 37.2 Å². The zero-order valence-electron chi connectivity index (χ0n) is 14.1. The summed E-state index contributed by atoms with van der Waals surface area (Å²) in [4.78, 5) is 25.7. The minimum absolute atomic E-state index is 0.105. The molecule has 3 aliphatic heterocycles. The van der Waals surface area contributed by atoms with Gasteiger partial charge >= 0.3 is 0 Å². The van der Waals surface area contributed by atoms with Crippen LogP contribution in [0.5, 0.6) is 0 Å². The Labute approximate surface area is 153 Å². The lowest BCUT2D eigenvalue weighted by molar-refractivity contribution is -0.137. The molecule has 25 heavy (non-hydrogen) atoms. The summed E-state index contributed by atoms with van der Waals surface area (Å²) in [5.41, 5.74) is 3.50. The molecule has 1 aromatic rings. The number of nitrogens with zero attached hydrogens (tertiary/aromatic N) is 1. The molecular weight excluding hydrogens is 336 g/mol. The summed E-state index contributed by atoms with van der Waals surface area (Å²) in [5, 5.41) is 9.35. The summed E-state index contributed by atoms with van der Waals surface area (Å²) in [6, 6.07) is 6.64. The molecule has 3 N–H and O–H groups in total. The highest BCUT2D eigenvalue weighted by atomic mass is 32.1. The van der Waals surface area contributed by atoms with Crippen LogP contribution in [0.25, 0.3) is 0 Å². The average molecular weight is 360 g/mol. The lowest BCUT2D eigenvalue weighted by atomic mass is 10.0. The van der Waals surface area contributed by atoms with Crippen molar-refractivity contribution in [2.75, 3.05) is 18.4 Å². The highest BCUT2D eigenvalue weighted by molar-refractivity contribution is 7.80. The van der Waals surface area contributed by atoms with Gasteiger partial charge in [0.15, 0.2) is 0 Å². The predicted octanol–water partition coefficient (Wildman–Crippen LogP) is 1.40. The Bertz CT molecular complexity index is 690. The first-order chi connectivity index (χ1) is 12.1. The van der Waals surface area contributed by atoms with Crippen molar-refractivity contribution in [1.82, 2.24) is 15.5 Å². The summed E-state index contributed by atoms with van der Waals surface area (Å²) in [7, 11) is 0. The van der Waals surface area contributed by atoms with Crippen LogP contribution in [0.2, 0.25) is 0 Å². The monoisotopic (exact) mass is 360 g/mol. The normalized spacial score (nSPS) is 27.9. The van der Waals surface area contributed by atoms with Crippen LogP contribution in [-0.2, 0) is 16.1 Å². The van der Waals surface area contributed by atoms with Crippen molar-refractivity contribution in [3.63, 3.8) is 0 Å². The van der Waals surface area contributed by atoms with Gasteiger partial charge in [-0.3, -0.25) is 19.8 Å². The van der Waals surface area contributed by atoms with Crippen LogP contribution in [0, 0.1) is 0 Å². The molecule has 0 bridgehead atoms. The number of nitrogens with one attached hydrogen (secondary N) is 3. The number of anilines is 1. The quantitative estimate of drug-likeness (QED) is 0.484. The highest BCUT2D eigenvalue weighted by Crippen LogP contribution is 2.40. The van der Waals surface area contributed by atoms with Crippen LogP contribution in [0.3, 0.4) is 0 Å². The number of amides is 2. The van der Waals surface area contributed by atoms with Crippen LogP contribution in [0.4, 0.5) is 5.69 Å². The second kappa shape index (κ2) is 6.97. The van der Waals surface area contributed by atoms with Gasteiger partial charge in [0.05, 0.1) is 11.4 Å². The van der Waals surface area contributed by atoms with Crippen LogP contribution >= 0.6 is 12.6 Å². The molecule has 0 aliphatic carbocycles. The molecule has 2 saturated heterocycles. The average Bonchev–Trinajstić information content (AvgIpc) is 2.92. The Balaban J connectivity index is 1.48. The van der Waals surface area contributed by atoms with Crippen molar-refractivity contribution in [3.8, 4) is 0 Å². The minimum Gasteiger partial charge on any atom is -0.382 e. The summed E-state index contributed by atoms with van der Waals surface area (Å²) in [6.45, 7) is 2.81. The van der Waals surface area contributed by atoms with E-state index in [-0.39, 0.29) is 23.2 Å². The molecule has 0 saturated carbocycles. The van der Waals surface area contributed by atoms with E-state index in [1.165, 1.54) is 5.56 Å². The predicted molar refractivity (Wildman–Crippen MR) is 99.4 cm³/mol. The number of piperidine rings is 2. The van der Waals surface area contributed by atoms with Gasteiger partial charge in [-0.25, -0.2) is 0 Å². The zero-order valence-corrected chi connectivity index (χ0v) is 15.0. The second-order valence-electron chi connectivity index (χ2n) is 7.10. The molecule has 6 nitrogen and oxygen atoms in total. The smallest absolute Gasteiger partial charge is 0.243 e. The van der Waals surface area contributed by atoms with E-state index in [4.69, 9.17) is 12.6 Å². The largest absolute Gasteiger partial charge is 0.382 e. The molecule has 4 rings (SSSR count). The third kappa shape index (κ3) is 3.41. The van der Waals surface area contributed by atoms with E-state index in [1.54, 1.807) is 0 Å². The number of carbonyl (C=O) groups excluding carboxylic acids is 2. The van der Waals surface area contributed by atoms with E-state index in [9.17, 15) is 9.59 Å². The number of fused-ring (bicyclic) bond motifs is 1. The molecule has 7 heteroatoms. The van der Waals surface area contributed by atoms with Crippen LogP contribution in [-0.4, -0.2) is 41.9 Å². The SMILES string of the molecule is O=C1CCC(N2Cc3cc(NC4CCNCC4)ccc3C2S)C(=O)N1. The minimum atomic E-state index is -0.284. The maximum Gasteiger partial charge on any atom is 0.243 e. The number of hydrogen-bond donors (Lipinski definition) is 4. The standard InChI is InChI=1S/C18H24N4O2S/c23-16-4-3-15(17(24)21-16)22-10-11-9-13(1-2-14(11)18(22)25)20-12-5-7-19-8-6-12/h1-2,9,12,15,18-20,25H,3-8,10H2,(H,21,23,24). The van der Waals surface area contributed by atoms with Gasteiger partial charge in [0.2, 0.25) is 11.8 Å². The maximum atomic E-state index is 12.2. The first-order valence-electron chi connectivity index (χ1n) is 8.99. The zero-order chi connectivity index (χ0) is 17.4. The molecule has 2 atom stereocenters. The van der Waals surface area contributed by atoms with E-state index < -0.39 is 0 Å². The fraction of sp³-hybridized carbons (Fsp3) is 0.556. The van der Waals surface area contributed by atoms with Gasteiger partial charge in [0, 0.05) is 24.7 Å². The molecule has 2 fully saturated rings. The van der Waals surface area contributed by atoms with Gasteiger partial charge in [-0.05, 0) is 55.6 Å². The van der Waals surface area contributed by atoms with E-state index >= 15 is 0 Å².